The van der Waals surface area contributed by atoms with Gasteiger partial charge in [-0.2, -0.15) is 0 Å². The van der Waals surface area contributed by atoms with Gasteiger partial charge in [-0.25, -0.2) is 0 Å². The van der Waals surface area contributed by atoms with Gasteiger partial charge < -0.3 is 15.0 Å². The number of hydrogen-bond acceptors (Lipinski definition) is 4. The fraction of sp³-hybridized carbons (Fsp3) is 0.944. The number of likely N-dealkylation sites (tertiary alicyclic amines) is 1. The van der Waals surface area contributed by atoms with Gasteiger partial charge in [0, 0.05) is 38.3 Å². The van der Waals surface area contributed by atoms with Crippen LogP contribution in [0.15, 0.2) is 0 Å². The molecule has 0 radical (unpaired) electrons. The minimum Gasteiger partial charge on any atom is -0.379 e. The highest BCUT2D eigenvalue weighted by Gasteiger charge is 2.37. The van der Waals surface area contributed by atoms with Crippen LogP contribution in [0, 0.1) is 0 Å². The van der Waals surface area contributed by atoms with E-state index in [-0.39, 0.29) is 5.91 Å². The number of amides is 1. The third kappa shape index (κ3) is 4.06. The topological polar surface area (TPSA) is 44.8 Å². The van der Waals surface area contributed by atoms with Crippen molar-refractivity contribution in [2.45, 2.75) is 70.0 Å². The molecular weight excluding hydrogens is 290 g/mol. The molecule has 3 fully saturated rings. The third-order valence-corrected chi connectivity index (χ3v) is 6.06. The van der Waals surface area contributed by atoms with Gasteiger partial charge in [0.15, 0.2) is 0 Å². The van der Waals surface area contributed by atoms with E-state index in [9.17, 15) is 4.79 Å². The Morgan fingerprint density at radius 2 is 1.61 bits per heavy atom. The number of nitrogens with one attached hydrogen (secondary N) is 1. The molecule has 0 atom stereocenters. The largest absolute Gasteiger partial charge is 0.379 e. The van der Waals surface area contributed by atoms with E-state index in [0.29, 0.717) is 6.04 Å². The van der Waals surface area contributed by atoms with E-state index in [4.69, 9.17) is 4.74 Å². The molecule has 1 aliphatic carbocycles. The van der Waals surface area contributed by atoms with Gasteiger partial charge in [0.2, 0.25) is 5.91 Å². The molecule has 0 aromatic heterocycles. The van der Waals surface area contributed by atoms with E-state index >= 15 is 0 Å². The quantitative estimate of drug-likeness (QED) is 0.854. The summed E-state index contributed by atoms with van der Waals surface area (Å²) in [5, 5.41) is 3.32. The van der Waals surface area contributed by atoms with E-state index in [2.05, 4.69) is 15.1 Å². The summed E-state index contributed by atoms with van der Waals surface area (Å²) in [4.78, 5) is 17.7. The molecule has 23 heavy (non-hydrogen) atoms. The average molecular weight is 323 g/mol. The Hall–Kier alpha value is -0.650. The van der Waals surface area contributed by atoms with Gasteiger partial charge in [-0.15, -0.1) is 0 Å². The maximum absolute atomic E-state index is 12.8. The summed E-state index contributed by atoms with van der Waals surface area (Å²) in [6.07, 6.45) is 7.75. The Bertz CT molecular complexity index is 393. The maximum Gasteiger partial charge on any atom is 0.240 e. The summed E-state index contributed by atoms with van der Waals surface area (Å²) in [7, 11) is 0. The smallest absolute Gasteiger partial charge is 0.240 e. The molecule has 0 aromatic rings. The number of rotatable bonds is 4. The van der Waals surface area contributed by atoms with E-state index < -0.39 is 5.54 Å². The molecule has 132 valence electrons. The lowest BCUT2D eigenvalue weighted by molar-refractivity contribution is -0.135. The van der Waals surface area contributed by atoms with Crippen LogP contribution >= 0.6 is 0 Å². The van der Waals surface area contributed by atoms with Crippen LogP contribution in [0.25, 0.3) is 0 Å². The molecule has 0 unspecified atom stereocenters. The van der Waals surface area contributed by atoms with Crippen LogP contribution in [0.5, 0.6) is 0 Å². The van der Waals surface area contributed by atoms with Crippen molar-refractivity contribution in [2.75, 3.05) is 39.4 Å². The molecule has 3 rings (SSSR count). The average Bonchev–Trinajstić information content (AvgIpc) is 3.11. The molecule has 2 heterocycles. The molecule has 2 aliphatic heterocycles. The maximum atomic E-state index is 12.8. The molecule has 5 nitrogen and oxygen atoms in total. The van der Waals surface area contributed by atoms with Crippen LogP contribution in [-0.4, -0.2) is 72.7 Å². The number of hydrogen-bond donors (Lipinski definition) is 1. The van der Waals surface area contributed by atoms with Crippen molar-refractivity contribution in [3.05, 3.63) is 0 Å². The molecular formula is C18H33N3O2. The number of ether oxygens (including phenoxy) is 1. The molecule has 1 saturated carbocycles. The normalized spacial score (nSPS) is 26.5. The predicted molar refractivity (Wildman–Crippen MR) is 91.5 cm³/mol. The van der Waals surface area contributed by atoms with Crippen molar-refractivity contribution >= 4 is 5.91 Å². The summed E-state index contributed by atoms with van der Waals surface area (Å²) >= 11 is 0. The first-order chi connectivity index (χ1) is 11.1. The lowest BCUT2D eigenvalue weighted by Gasteiger charge is -2.41. The molecule has 1 amide bonds. The number of morpholine rings is 1. The van der Waals surface area contributed by atoms with Crippen molar-refractivity contribution in [3.8, 4) is 0 Å². The van der Waals surface area contributed by atoms with Gasteiger partial charge in [-0.05, 0) is 39.5 Å². The van der Waals surface area contributed by atoms with E-state index in [1.807, 2.05) is 13.8 Å². The fourth-order valence-corrected chi connectivity index (χ4v) is 4.31. The SMILES string of the molecule is CC(C)(C(=O)NC1CCN(C2CCCC2)CC1)N1CCOCC1. The van der Waals surface area contributed by atoms with Crippen molar-refractivity contribution < 1.29 is 9.53 Å². The number of carbonyl (C=O) groups is 1. The monoisotopic (exact) mass is 323 g/mol. The van der Waals surface area contributed by atoms with E-state index in [1.165, 1.54) is 25.7 Å². The second-order valence-electron chi connectivity index (χ2n) is 7.88. The molecule has 1 N–H and O–H groups in total. The van der Waals surface area contributed by atoms with Gasteiger partial charge in [-0.3, -0.25) is 9.69 Å². The van der Waals surface area contributed by atoms with Crippen molar-refractivity contribution in [1.82, 2.24) is 15.1 Å². The molecule has 3 aliphatic rings. The van der Waals surface area contributed by atoms with Crippen LogP contribution < -0.4 is 5.32 Å². The first-order valence-corrected chi connectivity index (χ1v) is 9.45. The first kappa shape index (κ1) is 17.2. The molecule has 5 heteroatoms. The van der Waals surface area contributed by atoms with E-state index in [1.54, 1.807) is 0 Å². The zero-order valence-corrected chi connectivity index (χ0v) is 14.9. The third-order valence-electron chi connectivity index (χ3n) is 6.06. The highest BCUT2D eigenvalue weighted by Crippen LogP contribution is 2.26. The fourth-order valence-electron chi connectivity index (χ4n) is 4.31. The van der Waals surface area contributed by atoms with Crippen LogP contribution in [-0.2, 0) is 9.53 Å². The lowest BCUT2D eigenvalue weighted by Crippen LogP contribution is -2.60. The van der Waals surface area contributed by atoms with Gasteiger partial charge >= 0.3 is 0 Å². The minimum absolute atomic E-state index is 0.179. The Labute approximate surface area is 140 Å². The number of piperidine rings is 1. The van der Waals surface area contributed by atoms with Crippen LogP contribution in [0.2, 0.25) is 0 Å². The Kier molecular flexibility index (Phi) is 5.60. The summed E-state index contributed by atoms with van der Waals surface area (Å²) in [6.45, 7) is 9.54. The van der Waals surface area contributed by atoms with Gasteiger partial charge in [0.25, 0.3) is 0 Å². The van der Waals surface area contributed by atoms with Gasteiger partial charge in [0.1, 0.15) is 0 Å². The summed E-state index contributed by atoms with van der Waals surface area (Å²) < 4.78 is 5.41. The standard InChI is InChI=1S/C18H33N3O2/c1-18(2,21-11-13-23-14-12-21)17(22)19-15-7-9-20(10-8-15)16-5-3-4-6-16/h15-16H,3-14H2,1-2H3,(H,19,22). The van der Waals surface area contributed by atoms with Gasteiger partial charge in [-0.1, -0.05) is 12.8 Å². The predicted octanol–water partition coefficient (Wildman–Crippen LogP) is 1.62. The molecule has 0 aromatic carbocycles. The zero-order valence-electron chi connectivity index (χ0n) is 14.9. The number of nitrogens with zero attached hydrogens (tertiary/aromatic N) is 2. The van der Waals surface area contributed by atoms with Crippen molar-refractivity contribution in [3.63, 3.8) is 0 Å². The van der Waals surface area contributed by atoms with Crippen LogP contribution in [0.1, 0.15) is 52.4 Å². The summed E-state index contributed by atoms with van der Waals surface area (Å²) in [6, 6.07) is 1.16. The highest BCUT2D eigenvalue weighted by molar-refractivity contribution is 5.85. The highest BCUT2D eigenvalue weighted by atomic mass is 16.5. The van der Waals surface area contributed by atoms with Gasteiger partial charge in [0.05, 0.1) is 18.8 Å². The lowest BCUT2D eigenvalue weighted by atomic mass is 9.97. The van der Waals surface area contributed by atoms with Crippen molar-refractivity contribution in [1.29, 1.82) is 0 Å². The van der Waals surface area contributed by atoms with Crippen LogP contribution in [0.4, 0.5) is 0 Å². The zero-order chi connectivity index (χ0) is 16.3. The molecule has 0 spiro atoms. The van der Waals surface area contributed by atoms with E-state index in [0.717, 1.165) is 58.3 Å². The summed E-state index contributed by atoms with van der Waals surface area (Å²) in [5.74, 6) is 0.179. The second kappa shape index (κ2) is 7.49. The Balaban J connectivity index is 1.46. The van der Waals surface area contributed by atoms with Crippen LogP contribution in [0.3, 0.4) is 0 Å². The first-order valence-electron chi connectivity index (χ1n) is 9.45. The molecule has 0 bridgehead atoms. The Morgan fingerprint density at radius 1 is 1.00 bits per heavy atom. The number of carbonyl (C=O) groups excluding carboxylic acids is 1. The minimum atomic E-state index is -0.438. The molecule has 2 saturated heterocycles. The van der Waals surface area contributed by atoms with Crippen molar-refractivity contribution in [2.24, 2.45) is 0 Å². The Morgan fingerprint density at radius 3 is 2.22 bits per heavy atom. The second-order valence-corrected chi connectivity index (χ2v) is 7.88. The summed E-state index contributed by atoms with van der Waals surface area (Å²) in [5.41, 5.74) is -0.438.